The Kier molecular flexibility index (Phi) is 5.99. The molecular formula is C16H12FN4O6-. The lowest BCUT2D eigenvalue weighted by Gasteiger charge is -2.12. The molecule has 0 aromatic heterocycles. The van der Waals surface area contributed by atoms with Crippen LogP contribution in [-0.2, 0) is 9.59 Å². The summed E-state index contributed by atoms with van der Waals surface area (Å²) in [5.41, 5.74) is 1.49. The van der Waals surface area contributed by atoms with Crippen LogP contribution in [0.5, 0.6) is 11.5 Å². The summed E-state index contributed by atoms with van der Waals surface area (Å²) < 4.78 is 17.5. The van der Waals surface area contributed by atoms with Crippen LogP contribution in [-0.4, -0.2) is 30.1 Å². The van der Waals surface area contributed by atoms with E-state index in [4.69, 9.17) is 4.74 Å². The SMILES string of the molecule is COc1cc(/C=N\NC(=O)C(=O)Nc2ccc(F)cc2)cc([N+](=O)[O-])c1[O-]. The van der Waals surface area contributed by atoms with Crippen LogP contribution >= 0.6 is 0 Å². The molecule has 2 amide bonds. The number of carbonyl (C=O) groups excluding carboxylic acids is 2. The summed E-state index contributed by atoms with van der Waals surface area (Å²) in [5, 5.41) is 28.3. The fourth-order valence-electron chi connectivity index (χ4n) is 1.91. The van der Waals surface area contributed by atoms with Gasteiger partial charge in [-0.15, -0.1) is 0 Å². The average Bonchev–Trinajstić information content (AvgIpc) is 2.64. The number of amides is 2. The van der Waals surface area contributed by atoms with Crippen molar-refractivity contribution in [2.75, 3.05) is 12.4 Å². The Morgan fingerprint density at radius 3 is 2.48 bits per heavy atom. The first-order chi connectivity index (χ1) is 12.8. The summed E-state index contributed by atoms with van der Waals surface area (Å²) in [6, 6.07) is 6.86. The van der Waals surface area contributed by atoms with Gasteiger partial charge in [0.05, 0.1) is 18.2 Å². The van der Waals surface area contributed by atoms with Crippen molar-refractivity contribution < 1.29 is 28.7 Å². The number of hydrazone groups is 1. The minimum absolute atomic E-state index is 0.0948. The second-order valence-electron chi connectivity index (χ2n) is 4.99. The second kappa shape index (κ2) is 8.38. The van der Waals surface area contributed by atoms with Gasteiger partial charge in [-0.3, -0.25) is 19.7 Å². The minimum Gasteiger partial charge on any atom is -0.865 e. The van der Waals surface area contributed by atoms with E-state index in [1.54, 1.807) is 0 Å². The Labute approximate surface area is 151 Å². The van der Waals surface area contributed by atoms with Gasteiger partial charge in [-0.1, -0.05) is 0 Å². The molecule has 0 saturated carbocycles. The van der Waals surface area contributed by atoms with Crippen molar-refractivity contribution in [1.82, 2.24) is 5.43 Å². The lowest BCUT2D eigenvalue weighted by atomic mass is 10.2. The number of nitro benzene ring substituents is 1. The van der Waals surface area contributed by atoms with E-state index in [1.165, 1.54) is 25.3 Å². The number of rotatable bonds is 5. The first kappa shape index (κ1) is 19.3. The summed E-state index contributed by atoms with van der Waals surface area (Å²) in [5.74, 6) is -3.86. The summed E-state index contributed by atoms with van der Waals surface area (Å²) in [6.45, 7) is 0. The third-order valence-electron chi connectivity index (χ3n) is 3.16. The van der Waals surface area contributed by atoms with Crippen LogP contribution < -0.4 is 20.6 Å². The zero-order valence-corrected chi connectivity index (χ0v) is 13.8. The van der Waals surface area contributed by atoms with E-state index in [0.29, 0.717) is 0 Å². The Morgan fingerprint density at radius 1 is 1.22 bits per heavy atom. The standard InChI is InChI=1S/C16H13FN4O6/c1-27-13-7-9(6-12(14(13)22)21(25)26)8-18-20-16(24)15(23)19-11-4-2-10(17)3-5-11/h2-8,22H,1H3,(H,19,23)(H,20,24)/p-1/b18-8-. The molecule has 2 aromatic rings. The molecule has 11 heteroatoms. The van der Waals surface area contributed by atoms with Crippen molar-refractivity contribution in [3.05, 3.63) is 57.9 Å². The van der Waals surface area contributed by atoms with Gasteiger partial charge in [0.15, 0.2) is 0 Å². The number of nitrogens with zero attached hydrogens (tertiary/aromatic N) is 2. The number of benzene rings is 2. The molecule has 0 unspecified atom stereocenters. The maximum Gasteiger partial charge on any atom is 0.329 e. The first-order valence-electron chi connectivity index (χ1n) is 7.25. The third kappa shape index (κ3) is 4.98. The quantitative estimate of drug-likeness (QED) is 0.344. The molecule has 0 heterocycles. The van der Waals surface area contributed by atoms with Crippen molar-refractivity contribution in [2.24, 2.45) is 5.10 Å². The van der Waals surface area contributed by atoms with E-state index in [9.17, 15) is 29.2 Å². The molecule has 0 bridgehead atoms. The van der Waals surface area contributed by atoms with Crippen LogP contribution in [0.1, 0.15) is 5.56 Å². The van der Waals surface area contributed by atoms with Gasteiger partial charge < -0.3 is 15.2 Å². The van der Waals surface area contributed by atoms with Crippen LogP contribution in [0.25, 0.3) is 0 Å². The zero-order valence-electron chi connectivity index (χ0n) is 13.8. The number of methoxy groups -OCH3 is 1. The normalized spacial score (nSPS) is 10.4. The first-order valence-corrected chi connectivity index (χ1v) is 7.25. The molecule has 0 saturated heterocycles. The molecule has 140 valence electrons. The predicted octanol–water partition coefficient (Wildman–Crippen LogP) is 0.905. The molecule has 0 aliphatic heterocycles. The molecular weight excluding hydrogens is 363 g/mol. The van der Waals surface area contributed by atoms with Gasteiger partial charge >= 0.3 is 11.8 Å². The lowest BCUT2D eigenvalue weighted by molar-refractivity contribution is -0.398. The van der Waals surface area contributed by atoms with Gasteiger partial charge in [-0.25, -0.2) is 9.82 Å². The highest BCUT2D eigenvalue weighted by Gasteiger charge is 2.14. The molecule has 2 aromatic carbocycles. The number of carbonyl (C=O) groups is 2. The van der Waals surface area contributed by atoms with E-state index in [-0.39, 0.29) is 17.0 Å². The molecule has 0 atom stereocenters. The number of hydrogen-bond donors (Lipinski definition) is 2. The molecule has 0 fully saturated rings. The van der Waals surface area contributed by atoms with Crippen molar-refractivity contribution in [3.63, 3.8) is 0 Å². The second-order valence-corrected chi connectivity index (χ2v) is 4.99. The van der Waals surface area contributed by atoms with Gasteiger partial charge in [-0.05, 0) is 30.3 Å². The summed E-state index contributed by atoms with van der Waals surface area (Å²) in [4.78, 5) is 33.3. The van der Waals surface area contributed by atoms with Gasteiger partial charge in [0.25, 0.3) is 5.69 Å². The van der Waals surface area contributed by atoms with Crippen LogP contribution in [0, 0.1) is 15.9 Å². The Morgan fingerprint density at radius 2 is 1.89 bits per heavy atom. The monoisotopic (exact) mass is 375 g/mol. The van der Waals surface area contributed by atoms with E-state index < -0.39 is 34.0 Å². The number of hydrogen-bond acceptors (Lipinski definition) is 7. The third-order valence-corrected chi connectivity index (χ3v) is 3.16. The van der Waals surface area contributed by atoms with Crippen LogP contribution in [0.3, 0.4) is 0 Å². The molecule has 0 radical (unpaired) electrons. The highest BCUT2D eigenvalue weighted by molar-refractivity contribution is 6.39. The minimum atomic E-state index is -1.13. The summed E-state index contributed by atoms with van der Waals surface area (Å²) >= 11 is 0. The van der Waals surface area contributed by atoms with Gasteiger partial charge in [-0.2, -0.15) is 5.10 Å². The highest BCUT2D eigenvalue weighted by Crippen LogP contribution is 2.33. The molecule has 0 aliphatic carbocycles. The molecule has 2 N–H and O–H groups in total. The fraction of sp³-hybridized carbons (Fsp3) is 0.0625. The number of anilines is 1. The van der Waals surface area contributed by atoms with Crippen molar-refractivity contribution in [3.8, 4) is 11.5 Å². The number of nitro groups is 1. The number of nitrogens with one attached hydrogen (secondary N) is 2. The highest BCUT2D eigenvalue weighted by atomic mass is 19.1. The van der Waals surface area contributed by atoms with E-state index in [0.717, 1.165) is 24.4 Å². The smallest absolute Gasteiger partial charge is 0.329 e. The molecule has 27 heavy (non-hydrogen) atoms. The predicted molar refractivity (Wildman–Crippen MR) is 89.9 cm³/mol. The maximum atomic E-state index is 12.8. The van der Waals surface area contributed by atoms with Crippen molar-refractivity contribution >= 4 is 29.4 Å². The van der Waals surface area contributed by atoms with Crippen LogP contribution in [0.15, 0.2) is 41.5 Å². The zero-order chi connectivity index (χ0) is 20.0. The van der Waals surface area contributed by atoms with Crippen molar-refractivity contribution in [2.45, 2.75) is 0 Å². The number of halogens is 1. The largest absolute Gasteiger partial charge is 0.865 e. The van der Waals surface area contributed by atoms with Crippen molar-refractivity contribution in [1.29, 1.82) is 0 Å². The summed E-state index contributed by atoms with van der Waals surface area (Å²) in [6.07, 6.45) is 0.998. The van der Waals surface area contributed by atoms with Crippen LogP contribution in [0.4, 0.5) is 15.8 Å². The fourth-order valence-corrected chi connectivity index (χ4v) is 1.91. The Hall–Kier alpha value is -4.02. The number of ether oxygens (including phenoxy) is 1. The molecule has 0 spiro atoms. The molecule has 0 aliphatic rings. The lowest BCUT2D eigenvalue weighted by Crippen LogP contribution is -2.32. The van der Waals surface area contributed by atoms with Crippen LogP contribution in [0.2, 0.25) is 0 Å². The van der Waals surface area contributed by atoms with Gasteiger partial charge in [0, 0.05) is 23.1 Å². The average molecular weight is 375 g/mol. The van der Waals surface area contributed by atoms with E-state index in [1.807, 2.05) is 5.43 Å². The Bertz CT molecular complexity index is 914. The molecule has 2 rings (SSSR count). The topological polar surface area (TPSA) is 146 Å². The maximum absolute atomic E-state index is 12.8. The van der Waals surface area contributed by atoms with E-state index in [2.05, 4.69) is 10.4 Å². The van der Waals surface area contributed by atoms with E-state index >= 15 is 0 Å². The molecule has 10 nitrogen and oxygen atoms in total. The van der Waals surface area contributed by atoms with Gasteiger partial charge in [0.2, 0.25) is 0 Å². The summed E-state index contributed by atoms with van der Waals surface area (Å²) in [7, 11) is 1.17. The van der Waals surface area contributed by atoms with Gasteiger partial charge in [0.1, 0.15) is 11.6 Å². The Balaban J connectivity index is 2.04.